The fourth-order valence-electron chi connectivity index (χ4n) is 1.55. The maximum atomic E-state index is 13.7. The molecule has 0 saturated carbocycles. The summed E-state index contributed by atoms with van der Waals surface area (Å²) in [5.74, 6) is -3.61. The maximum Gasteiger partial charge on any atom is 0.401 e. The number of halogens is 6. The zero-order valence-corrected chi connectivity index (χ0v) is 11.4. The van der Waals surface area contributed by atoms with Gasteiger partial charge in [0.1, 0.15) is 11.6 Å². The van der Waals surface area contributed by atoms with E-state index >= 15 is 0 Å². The Hall–Kier alpha value is -1.22. The maximum absolute atomic E-state index is 13.7. The van der Waals surface area contributed by atoms with E-state index in [9.17, 15) is 26.7 Å². The quantitative estimate of drug-likeness (QED) is 0.646. The van der Waals surface area contributed by atoms with Crippen LogP contribution >= 0.6 is 15.9 Å². The monoisotopic (exact) mass is 361 g/mol. The number of aliphatic carboxylic acids is 1. The first kappa shape index (κ1) is 16.8. The highest BCUT2D eigenvalue weighted by molar-refractivity contribution is 9.10. The molecule has 0 bridgehead atoms. The first-order valence-corrected chi connectivity index (χ1v) is 6.02. The highest BCUT2D eigenvalue weighted by Crippen LogP contribution is 2.24. The molecule has 0 saturated heterocycles. The number of benzene rings is 1. The van der Waals surface area contributed by atoms with Crippen LogP contribution in [0, 0.1) is 11.6 Å². The number of alkyl halides is 3. The van der Waals surface area contributed by atoms with E-state index in [-0.39, 0.29) is 4.47 Å². The van der Waals surface area contributed by atoms with E-state index in [0.717, 1.165) is 12.1 Å². The van der Waals surface area contributed by atoms with Gasteiger partial charge in [0.2, 0.25) is 0 Å². The molecule has 1 aromatic rings. The number of carboxylic acid groups (broad SMARTS) is 1. The molecule has 112 valence electrons. The summed E-state index contributed by atoms with van der Waals surface area (Å²) in [5.41, 5.74) is -0.620. The van der Waals surface area contributed by atoms with Gasteiger partial charge in [-0.2, -0.15) is 13.2 Å². The standard InChI is InChI=1S/C11H9BrF5NO2/c12-7-1-2-8(13)6(10(7)14)3-18(4-9(19)20)5-11(15,16)17/h1-2H,3-5H2,(H,19,20). The Morgan fingerprint density at radius 2 is 1.90 bits per heavy atom. The van der Waals surface area contributed by atoms with Crippen LogP contribution in [-0.2, 0) is 11.3 Å². The van der Waals surface area contributed by atoms with Gasteiger partial charge in [0.05, 0.1) is 17.6 Å². The third-order valence-electron chi connectivity index (χ3n) is 2.28. The molecule has 0 atom stereocenters. The lowest BCUT2D eigenvalue weighted by Gasteiger charge is -2.22. The lowest BCUT2D eigenvalue weighted by Crippen LogP contribution is -2.37. The average Bonchev–Trinajstić information content (AvgIpc) is 2.26. The molecule has 0 heterocycles. The summed E-state index contributed by atoms with van der Waals surface area (Å²) in [4.78, 5) is 10.9. The van der Waals surface area contributed by atoms with Crippen LogP contribution in [0.1, 0.15) is 5.56 Å². The molecular formula is C11H9BrF5NO2. The molecule has 1 N–H and O–H groups in total. The molecule has 0 aliphatic rings. The summed E-state index contributed by atoms with van der Waals surface area (Å²) < 4.78 is 63.9. The molecule has 0 aliphatic heterocycles. The molecule has 20 heavy (non-hydrogen) atoms. The van der Waals surface area contributed by atoms with Gasteiger partial charge >= 0.3 is 12.1 Å². The van der Waals surface area contributed by atoms with Crippen LogP contribution in [0.25, 0.3) is 0 Å². The average molecular weight is 362 g/mol. The van der Waals surface area contributed by atoms with Crippen molar-refractivity contribution in [3.05, 3.63) is 33.8 Å². The van der Waals surface area contributed by atoms with Gasteiger partial charge in [-0.05, 0) is 28.1 Å². The predicted octanol–water partition coefficient (Wildman–Crippen LogP) is 3.18. The first-order chi connectivity index (χ1) is 9.10. The third kappa shape index (κ3) is 5.04. The fraction of sp³-hybridized carbons (Fsp3) is 0.364. The second-order valence-electron chi connectivity index (χ2n) is 3.98. The number of carbonyl (C=O) groups is 1. The zero-order chi connectivity index (χ0) is 15.5. The topological polar surface area (TPSA) is 40.5 Å². The summed E-state index contributed by atoms with van der Waals surface area (Å²) in [6.07, 6.45) is -4.67. The van der Waals surface area contributed by atoms with Crippen molar-refractivity contribution in [2.45, 2.75) is 12.7 Å². The first-order valence-electron chi connectivity index (χ1n) is 5.23. The summed E-state index contributed by atoms with van der Waals surface area (Å²) >= 11 is 2.78. The molecule has 9 heteroatoms. The van der Waals surface area contributed by atoms with Crippen molar-refractivity contribution in [2.75, 3.05) is 13.1 Å². The molecule has 0 aliphatic carbocycles. The van der Waals surface area contributed by atoms with Crippen molar-refractivity contribution in [1.82, 2.24) is 4.90 Å². The minimum atomic E-state index is -4.67. The van der Waals surface area contributed by atoms with E-state index in [4.69, 9.17) is 5.11 Å². The van der Waals surface area contributed by atoms with Crippen LogP contribution in [0.3, 0.4) is 0 Å². The van der Waals surface area contributed by atoms with Crippen LogP contribution in [0.4, 0.5) is 22.0 Å². The molecule has 1 aromatic carbocycles. The van der Waals surface area contributed by atoms with E-state index in [1.165, 1.54) is 0 Å². The van der Waals surface area contributed by atoms with Crippen LogP contribution in [0.15, 0.2) is 16.6 Å². The lowest BCUT2D eigenvalue weighted by atomic mass is 10.2. The molecule has 0 radical (unpaired) electrons. The minimum absolute atomic E-state index is 0.115. The van der Waals surface area contributed by atoms with Crippen molar-refractivity contribution in [2.24, 2.45) is 0 Å². The Kier molecular flexibility index (Phi) is 5.46. The Bertz CT molecular complexity index is 506. The number of rotatable bonds is 5. The van der Waals surface area contributed by atoms with E-state index in [1.807, 2.05) is 0 Å². The predicted molar refractivity (Wildman–Crippen MR) is 63.0 cm³/mol. The number of hydrogen-bond acceptors (Lipinski definition) is 2. The highest BCUT2D eigenvalue weighted by Gasteiger charge is 2.32. The van der Waals surface area contributed by atoms with E-state index < -0.39 is 49.0 Å². The van der Waals surface area contributed by atoms with Crippen LogP contribution in [-0.4, -0.2) is 35.2 Å². The normalized spacial score (nSPS) is 11.9. The number of nitrogens with zero attached hydrogens (tertiary/aromatic N) is 1. The Morgan fingerprint density at radius 3 is 2.40 bits per heavy atom. The van der Waals surface area contributed by atoms with Gasteiger partial charge < -0.3 is 5.11 Å². The summed E-state index contributed by atoms with van der Waals surface area (Å²) in [7, 11) is 0. The van der Waals surface area contributed by atoms with Gasteiger partial charge in [-0.15, -0.1) is 0 Å². The largest absolute Gasteiger partial charge is 0.480 e. The van der Waals surface area contributed by atoms with Gasteiger partial charge in [0, 0.05) is 12.1 Å². The van der Waals surface area contributed by atoms with Crippen molar-refractivity contribution >= 4 is 21.9 Å². The molecule has 0 unspecified atom stereocenters. The minimum Gasteiger partial charge on any atom is -0.480 e. The van der Waals surface area contributed by atoms with Crippen LogP contribution < -0.4 is 0 Å². The molecule has 0 amide bonds. The summed E-state index contributed by atoms with van der Waals surface area (Å²) in [5, 5.41) is 8.55. The zero-order valence-electron chi connectivity index (χ0n) is 9.85. The van der Waals surface area contributed by atoms with Gasteiger partial charge in [-0.25, -0.2) is 8.78 Å². The summed E-state index contributed by atoms with van der Waals surface area (Å²) in [6, 6.07) is 1.95. The SMILES string of the molecule is O=C(O)CN(Cc1c(F)ccc(Br)c1F)CC(F)(F)F. The Morgan fingerprint density at radius 1 is 1.30 bits per heavy atom. The molecule has 0 spiro atoms. The van der Waals surface area contributed by atoms with E-state index in [1.54, 1.807) is 0 Å². The van der Waals surface area contributed by atoms with E-state index in [0.29, 0.717) is 4.90 Å². The molecule has 1 rings (SSSR count). The fourth-order valence-corrected chi connectivity index (χ4v) is 1.92. The van der Waals surface area contributed by atoms with Crippen molar-refractivity contribution < 1.29 is 31.9 Å². The molecule has 0 fully saturated rings. The van der Waals surface area contributed by atoms with Crippen molar-refractivity contribution in [1.29, 1.82) is 0 Å². The smallest absolute Gasteiger partial charge is 0.401 e. The summed E-state index contributed by atoms with van der Waals surface area (Å²) in [6.45, 7) is -3.36. The molecule has 3 nitrogen and oxygen atoms in total. The van der Waals surface area contributed by atoms with E-state index in [2.05, 4.69) is 15.9 Å². The van der Waals surface area contributed by atoms with Gasteiger partial charge in [0.25, 0.3) is 0 Å². The number of hydrogen-bond donors (Lipinski definition) is 1. The van der Waals surface area contributed by atoms with Crippen molar-refractivity contribution in [3.8, 4) is 0 Å². The van der Waals surface area contributed by atoms with Gasteiger partial charge in [-0.3, -0.25) is 9.69 Å². The molecular weight excluding hydrogens is 353 g/mol. The third-order valence-corrected chi connectivity index (χ3v) is 2.89. The number of carboxylic acids is 1. The van der Waals surface area contributed by atoms with Gasteiger partial charge in [0.15, 0.2) is 0 Å². The van der Waals surface area contributed by atoms with Crippen LogP contribution in [0.2, 0.25) is 0 Å². The molecule has 0 aromatic heterocycles. The second-order valence-corrected chi connectivity index (χ2v) is 4.83. The second kappa shape index (κ2) is 6.49. The lowest BCUT2D eigenvalue weighted by molar-refractivity contribution is -0.155. The van der Waals surface area contributed by atoms with Crippen LogP contribution in [0.5, 0.6) is 0 Å². The highest BCUT2D eigenvalue weighted by atomic mass is 79.9. The van der Waals surface area contributed by atoms with Crippen molar-refractivity contribution in [3.63, 3.8) is 0 Å². The van der Waals surface area contributed by atoms with Gasteiger partial charge in [-0.1, -0.05) is 0 Å². The Labute approximate surface area is 119 Å². The Balaban J connectivity index is 3.00.